The molecular formula is C7H10N2O3. The van der Waals surface area contributed by atoms with Crippen LogP contribution in [0, 0.1) is 0 Å². The third-order valence-electron chi connectivity index (χ3n) is 1.56. The molecule has 0 saturated carbocycles. The Kier molecular flexibility index (Phi) is 2.44. The van der Waals surface area contributed by atoms with E-state index in [2.05, 4.69) is 9.72 Å². The molecule has 1 unspecified atom stereocenters. The zero-order valence-electron chi connectivity index (χ0n) is 6.89. The van der Waals surface area contributed by atoms with Crippen LogP contribution < -0.4 is 0 Å². The van der Waals surface area contributed by atoms with Gasteiger partial charge in [0.1, 0.15) is 0 Å². The molecule has 0 aromatic carbocycles. The summed E-state index contributed by atoms with van der Waals surface area (Å²) in [6.45, 7) is 0. The number of nitrogens with zero attached hydrogens (tertiary/aromatic N) is 2. The van der Waals surface area contributed by atoms with Crippen LogP contribution in [0.1, 0.15) is 11.8 Å². The molecule has 1 aromatic rings. The van der Waals surface area contributed by atoms with Crippen molar-refractivity contribution in [3.63, 3.8) is 0 Å². The lowest BCUT2D eigenvalue weighted by Crippen LogP contribution is -2.15. The molecule has 1 atom stereocenters. The molecule has 0 aliphatic carbocycles. The molecule has 66 valence electrons. The number of carbonyl (C=O) groups excluding carboxylic acids is 1. The van der Waals surface area contributed by atoms with Gasteiger partial charge in [0.05, 0.1) is 25.3 Å². The average Bonchev–Trinajstić information content (AvgIpc) is 2.48. The number of carbonyl (C=O) groups is 1. The summed E-state index contributed by atoms with van der Waals surface area (Å²) >= 11 is 0. The van der Waals surface area contributed by atoms with E-state index in [0.717, 1.165) is 0 Å². The van der Waals surface area contributed by atoms with Crippen molar-refractivity contribution in [1.82, 2.24) is 9.55 Å². The molecule has 5 nitrogen and oxygen atoms in total. The molecule has 12 heavy (non-hydrogen) atoms. The topological polar surface area (TPSA) is 64.3 Å². The number of imidazole rings is 1. The third kappa shape index (κ3) is 1.45. The number of aromatic nitrogens is 2. The Morgan fingerprint density at radius 1 is 1.83 bits per heavy atom. The Bertz CT molecular complexity index is 282. The maximum atomic E-state index is 10.8. The number of hydrogen-bond acceptors (Lipinski definition) is 4. The first-order valence-corrected chi connectivity index (χ1v) is 3.39. The van der Waals surface area contributed by atoms with Gasteiger partial charge in [0.25, 0.3) is 0 Å². The van der Waals surface area contributed by atoms with Crippen molar-refractivity contribution < 1.29 is 14.6 Å². The molecule has 0 saturated heterocycles. The highest BCUT2D eigenvalue weighted by Crippen LogP contribution is 2.11. The van der Waals surface area contributed by atoms with Gasteiger partial charge in [-0.2, -0.15) is 0 Å². The number of hydrogen-bond donors (Lipinski definition) is 1. The molecule has 0 radical (unpaired) electrons. The SMILES string of the molecule is COC(=O)C(O)c1cncn1C. The van der Waals surface area contributed by atoms with Gasteiger partial charge in [-0.15, -0.1) is 0 Å². The first kappa shape index (κ1) is 8.73. The second-order valence-electron chi connectivity index (χ2n) is 2.36. The van der Waals surface area contributed by atoms with Crippen LogP contribution >= 0.6 is 0 Å². The van der Waals surface area contributed by atoms with E-state index in [1.54, 1.807) is 11.6 Å². The fourth-order valence-corrected chi connectivity index (χ4v) is 0.863. The molecule has 0 amide bonds. The number of aryl methyl sites for hydroxylation is 1. The van der Waals surface area contributed by atoms with Gasteiger partial charge >= 0.3 is 5.97 Å². The van der Waals surface area contributed by atoms with E-state index < -0.39 is 12.1 Å². The van der Waals surface area contributed by atoms with Crippen LogP contribution in [0.3, 0.4) is 0 Å². The lowest BCUT2D eigenvalue weighted by molar-refractivity contribution is -0.151. The highest BCUT2D eigenvalue weighted by Gasteiger charge is 2.20. The summed E-state index contributed by atoms with van der Waals surface area (Å²) in [6, 6.07) is 0. The first-order chi connectivity index (χ1) is 5.66. The predicted octanol–water partition coefficient (Wildman–Crippen LogP) is -0.374. The summed E-state index contributed by atoms with van der Waals surface area (Å²) in [5.74, 6) is -0.682. The molecular weight excluding hydrogens is 160 g/mol. The summed E-state index contributed by atoms with van der Waals surface area (Å²) in [5.41, 5.74) is 0.418. The summed E-state index contributed by atoms with van der Waals surface area (Å²) in [6.07, 6.45) is 1.67. The molecule has 0 aliphatic rings. The van der Waals surface area contributed by atoms with Crippen LogP contribution in [0.2, 0.25) is 0 Å². The summed E-state index contributed by atoms with van der Waals surface area (Å²) in [7, 11) is 2.91. The second kappa shape index (κ2) is 3.36. The Balaban J connectivity index is 2.84. The molecule has 1 N–H and O–H groups in total. The van der Waals surface area contributed by atoms with Gasteiger partial charge in [0.15, 0.2) is 6.10 Å². The van der Waals surface area contributed by atoms with Gasteiger partial charge in [0, 0.05) is 7.05 Å². The van der Waals surface area contributed by atoms with Crippen molar-refractivity contribution in [3.05, 3.63) is 18.2 Å². The van der Waals surface area contributed by atoms with Crippen molar-refractivity contribution >= 4 is 5.97 Å². The molecule has 5 heteroatoms. The van der Waals surface area contributed by atoms with Crippen LogP contribution in [0.5, 0.6) is 0 Å². The highest BCUT2D eigenvalue weighted by atomic mass is 16.5. The van der Waals surface area contributed by atoms with Crippen molar-refractivity contribution in [1.29, 1.82) is 0 Å². The van der Waals surface area contributed by atoms with E-state index in [1.807, 2.05) is 0 Å². The second-order valence-corrected chi connectivity index (χ2v) is 2.36. The zero-order valence-corrected chi connectivity index (χ0v) is 6.89. The number of rotatable bonds is 2. The largest absolute Gasteiger partial charge is 0.467 e. The molecule has 0 aliphatic heterocycles. The summed E-state index contributed by atoms with van der Waals surface area (Å²) in [4.78, 5) is 14.6. The number of ether oxygens (including phenoxy) is 1. The van der Waals surface area contributed by atoms with Gasteiger partial charge in [-0.3, -0.25) is 0 Å². The van der Waals surface area contributed by atoms with E-state index >= 15 is 0 Å². The van der Waals surface area contributed by atoms with Gasteiger partial charge in [-0.05, 0) is 0 Å². The van der Waals surface area contributed by atoms with Crippen molar-refractivity contribution in [2.75, 3.05) is 7.11 Å². The molecule has 0 fully saturated rings. The molecule has 0 bridgehead atoms. The lowest BCUT2D eigenvalue weighted by Gasteiger charge is -2.07. The maximum Gasteiger partial charge on any atom is 0.341 e. The van der Waals surface area contributed by atoms with E-state index in [0.29, 0.717) is 5.69 Å². The minimum Gasteiger partial charge on any atom is -0.467 e. The minimum atomic E-state index is -1.25. The quantitative estimate of drug-likeness (QED) is 0.615. The van der Waals surface area contributed by atoms with Crippen LogP contribution in [0.4, 0.5) is 0 Å². The smallest absolute Gasteiger partial charge is 0.341 e. The van der Waals surface area contributed by atoms with Gasteiger partial charge in [-0.25, -0.2) is 9.78 Å². The Labute approximate surface area is 69.6 Å². The minimum absolute atomic E-state index is 0.418. The normalized spacial score (nSPS) is 12.6. The summed E-state index contributed by atoms with van der Waals surface area (Å²) in [5, 5.41) is 9.32. The Morgan fingerprint density at radius 2 is 2.50 bits per heavy atom. The Hall–Kier alpha value is -1.36. The predicted molar refractivity (Wildman–Crippen MR) is 40.2 cm³/mol. The fraction of sp³-hybridized carbons (Fsp3) is 0.429. The third-order valence-corrected chi connectivity index (χ3v) is 1.56. The molecule has 1 aromatic heterocycles. The first-order valence-electron chi connectivity index (χ1n) is 3.39. The molecule has 0 spiro atoms. The standard InChI is InChI=1S/C7H10N2O3/c1-9-4-8-3-5(9)6(10)7(11)12-2/h3-4,6,10H,1-2H3. The van der Waals surface area contributed by atoms with E-state index in [1.165, 1.54) is 19.6 Å². The van der Waals surface area contributed by atoms with E-state index in [-0.39, 0.29) is 0 Å². The Morgan fingerprint density at radius 3 is 2.92 bits per heavy atom. The number of aliphatic hydroxyl groups is 1. The number of esters is 1. The molecule has 1 rings (SSSR count). The zero-order chi connectivity index (χ0) is 9.14. The number of methoxy groups -OCH3 is 1. The van der Waals surface area contributed by atoms with Gasteiger partial charge < -0.3 is 14.4 Å². The molecule has 1 heterocycles. The van der Waals surface area contributed by atoms with Crippen LogP contribution in [-0.4, -0.2) is 27.7 Å². The van der Waals surface area contributed by atoms with Crippen molar-refractivity contribution in [2.24, 2.45) is 7.05 Å². The maximum absolute atomic E-state index is 10.8. The van der Waals surface area contributed by atoms with Gasteiger partial charge in [0.2, 0.25) is 0 Å². The summed E-state index contributed by atoms with van der Waals surface area (Å²) < 4.78 is 5.92. The highest BCUT2D eigenvalue weighted by molar-refractivity contribution is 5.75. The van der Waals surface area contributed by atoms with E-state index in [9.17, 15) is 9.90 Å². The fourth-order valence-electron chi connectivity index (χ4n) is 0.863. The van der Waals surface area contributed by atoms with Crippen LogP contribution in [-0.2, 0) is 16.6 Å². The lowest BCUT2D eigenvalue weighted by atomic mass is 10.3. The van der Waals surface area contributed by atoms with Crippen molar-refractivity contribution in [3.8, 4) is 0 Å². The van der Waals surface area contributed by atoms with Crippen LogP contribution in [0.15, 0.2) is 12.5 Å². The van der Waals surface area contributed by atoms with Crippen LogP contribution in [0.25, 0.3) is 0 Å². The average molecular weight is 170 g/mol. The van der Waals surface area contributed by atoms with E-state index in [4.69, 9.17) is 0 Å². The number of aliphatic hydroxyl groups excluding tert-OH is 1. The van der Waals surface area contributed by atoms with Gasteiger partial charge in [-0.1, -0.05) is 0 Å². The van der Waals surface area contributed by atoms with Crippen molar-refractivity contribution in [2.45, 2.75) is 6.10 Å². The monoisotopic (exact) mass is 170 g/mol.